The van der Waals surface area contributed by atoms with E-state index in [1.54, 1.807) is 54.6 Å². The summed E-state index contributed by atoms with van der Waals surface area (Å²) in [6.45, 7) is 0. The molecule has 0 spiro atoms. The van der Waals surface area contributed by atoms with Crippen LogP contribution in [0, 0.1) is 5.82 Å². The third-order valence-electron chi connectivity index (χ3n) is 4.93. The highest BCUT2D eigenvalue weighted by molar-refractivity contribution is 7.90. The number of halogens is 1. The number of ether oxygens (including phenoxy) is 1. The number of carbonyl (C=O) groups excluding carboxylic acids is 1. The van der Waals surface area contributed by atoms with E-state index in [-0.39, 0.29) is 22.6 Å². The Hall–Kier alpha value is -3.45. The topological polar surface area (TPSA) is 65.4 Å². The van der Waals surface area contributed by atoms with Crippen molar-refractivity contribution in [2.24, 2.45) is 0 Å². The molecule has 1 aromatic heterocycles. The fourth-order valence-electron chi connectivity index (χ4n) is 3.62. The van der Waals surface area contributed by atoms with Gasteiger partial charge in [0.25, 0.3) is 10.0 Å². The Labute approximate surface area is 173 Å². The molecule has 0 aliphatic carbocycles. The molecule has 1 heterocycles. The third kappa shape index (κ3) is 3.17. The van der Waals surface area contributed by atoms with Crippen molar-refractivity contribution >= 4 is 27.2 Å². The van der Waals surface area contributed by atoms with Crippen LogP contribution in [0.5, 0.6) is 5.75 Å². The average molecular weight is 423 g/mol. The number of hydrogen-bond donors (Lipinski definition) is 0. The minimum atomic E-state index is -4.04. The maximum atomic E-state index is 14.8. The monoisotopic (exact) mass is 423 g/mol. The smallest absolute Gasteiger partial charge is 0.268 e. The largest absolute Gasteiger partial charge is 0.497 e. The quantitative estimate of drug-likeness (QED) is 0.430. The number of hydrogen-bond acceptors (Lipinski definition) is 4. The molecule has 0 amide bonds. The van der Waals surface area contributed by atoms with Crippen molar-refractivity contribution in [3.05, 3.63) is 84.3 Å². The van der Waals surface area contributed by atoms with Crippen LogP contribution < -0.4 is 4.74 Å². The zero-order chi connectivity index (χ0) is 21.3. The molecule has 30 heavy (non-hydrogen) atoms. The lowest BCUT2D eigenvalue weighted by atomic mass is 10.00. The van der Waals surface area contributed by atoms with E-state index in [9.17, 15) is 17.6 Å². The van der Waals surface area contributed by atoms with Crippen LogP contribution in [0.1, 0.15) is 5.69 Å². The zero-order valence-electron chi connectivity index (χ0n) is 16.1. The number of nitrogens with zero attached hydrogens (tertiary/aromatic N) is 1. The van der Waals surface area contributed by atoms with Gasteiger partial charge >= 0.3 is 0 Å². The first kappa shape index (κ1) is 19.8. The van der Waals surface area contributed by atoms with Gasteiger partial charge in [0.1, 0.15) is 17.9 Å². The van der Waals surface area contributed by atoms with Gasteiger partial charge in [0.05, 0.1) is 23.2 Å². The summed E-state index contributed by atoms with van der Waals surface area (Å²) in [6.07, 6.45) is 0.416. The molecule has 5 nitrogen and oxygen atoms in total. The van der Waals surface area contributed by atoms with Gasteiger partial charge in [-0.15, -0.1) is 0 Å². The highest BCUT2D eigenvalue weighted by Crippen LogP contribution is 2.40. The summed E-state index contributed by atoms with van der Waals surface area (Å²) in [6, 6.07) is 18.9. The maximum Gasteiger partial charge on any atom is 0.268 e. The van der Waals surface area contributed by atoms with Crippen molar-refractivity contribution in [1.82, 2.24) is 3.97 Å². The van der Waals surface area contributed by atoms with Crippen LogP contribution in [0.3, 0.4) is 0 Å². The molecule has 0 bridgehead atoms. The molecule has 0 saturated carbocycles. The molecule has 0 aliphatic rings. The maximum absolute atomic E-state index is 14.8. The van der Waals surface area contributed by atoms with Crippen LogP contribution in [0.2, 0.25) is 0 Å². The van der Waals surface area contributed by atoms with E-state index < -0.39 is 15.8 Å². The van der Waals surface area contributed by atoms with E-state index in [1.165, 1.54) is 25.3 Å². The van der Waals surface area contributed by atoms with E-state index in [4.69, 9.17) is 4.74 Å². The third-order valence-corrected chi connectivity index (χ3v) is 6.69. The first-order chi connectivity index (χ1) is 14.5. The van der Waals surface area contributed by atoms with E-state index in [0.717, 1.165) is 3.97 Å². The average Bonchev–Trinajstić information content (AvgIpc) is 3.08. The molecule has 3 aromatic carbocycles. The van der Waals surface area contributed by atoms with Crippen LogP contribution in [0.4, 0.5) is 4.39 Å². The molecule has 0 radical (unpaired) electrons. The van der Waals surface area contributed by atoms with Crippen LogP contribution in [-0.4, -0.2) is 25.8 Å². The zero-order valence-corrected chi connectivity index (χ0v) is 16.9. The highest BCUT2D eigenvalue weighted by Gasteiger charge is 2.28. The Kier molecular flexibility index (Phi) is 5.13. The number of fused-ring (bicyclic) bond motifs is 1. The van der Waals surface area contributed by atoms with Crippen molar-refractivity contribution < 1.29 is 22.3 Å². The molecule has 152 valence electrons. The fraction of sp³-hybridized carbons (Fsp3) is 0.0870. The second kappa shape index (κ2) is 7.76. The first-order valence-electron chi connectivity index (χ1n) is 9.19. The number of methoxy groups -OCH3 is 1. The molecule has 0 aliphatic heterocycles. The second-order valence-electron chi connectivity index (χ2n) is 6.64. The fourth-order valence-corrected chi connectivity index (χ4v) is 5.21. The van der Waals surface area contributed by atoms with Crippen LogP contribution >= 0.6 is 0 Å². The summed E-state index contributed by atoms with van der Waals surface area (Å²) in [4.78, 5) is 11.6. The number of aldehydes is 1. The van der Waals surface area contributed by atoms with Gasteiger partial charge in [-0.2, -0.15) is 0 Å². The van der Waals surface area contributed by atoms with Gasteiger partial charge in [-0.1, -0.05) is 36.4 Å². The number of carbonyl (C=O) groups is 1. The second-order valence-corrected chi connectivity index (χ2v) is 8.42. The predicted molar refractivity (Wildman–Crippen MR) is 113 cm³/mol. The summed E-state index contributed by atoms with van der Waals surface area (Å²) >= 11 is 0. The molecule has 4 rings (SSSR count). The van der Waals surface area contributed by atoms with Crippen LogP contribution in [-0.2, 0) is 21.2 Å². The highest BCUT2D eigenvalue weighted by atomic mass is 32.2. The van der Waals surface area contributed by atoms with E-state index in [1.807, 2.05) is 0 Å². The standard InChI is InChI=1S/C23H18FNO4S/c1-29-16-11-12-21-19(15-16)23(18-9-5-6-10-20(18)24)22(13-14-26)25(21)30(27,28)17-7-3-2-4-8-17/h2-12,14-15H,13H2,1H3. The van der Waals surface area contributed by atoms with Gasteiger partial charge in [0, 0.05) is 22.9 Å². The molecular formula is C23H18FNO4S. The molecular weight excluding hydrogens is 405 g/mol. The Balaban J connectivity index is 2.18. The van der Waals surface area contributed by atoms with E-state index in [0.29, 0.717) is 28.5 Å². The predicted octanol–water partition coefficient (Wildman–Crippen LogP) is 4.43. The molecule has 0 N–H and O–H groups in total. The van der Waals surface area contributed by atoms with Gasteiger partial charge < -0.3 is 9.53 Å². The Morgan fingerprint density at radius 3 is 2.37 bits per heavy atom. The lowest BCUT2D eigenvalue weighted by Gasteiger charge is -2.12. The minimum Gasteiger partial charge on any atom is -0.497 e. The first-order valence-corrected chi connectivity index (χ1v) is 10.6. The Morgan fingerprint density at radius 2 is 1.70 bits per heavy atom. The van der Waals surface area contributed by atoms with Gasteiger partial charge in [0.2, 0.25) is 0 Å². The lowest BCUT2D eigenvalue weighted by molar-refractivity contribution is -0.107. The van der Waals surface area contributed by atoms with Crippen LogP contribution in [0.25, 0.3) is 22.0 Å². The van der Waals surface area contributed by atoms with E-state index >= 15 is 0 Å². The summed E-state index contributed by atoms with van der Waals surface area (Å²) in [5, 5.41) is 0.482. The van der Waals surface area contributed by atoms with Crippen molar-refractivity contribution in [2.75, 3.05) is 7.11 Å². The summed E-state index contributed by atoms with van der Waals surface area (Å²) in [7, 11) is -2.55. The molecule has 4 aromatic rings. The Morgan fingerprint density at radius 1 is 1.00 bits per heavy atom. The SMILES string of the molecule is COc1ccc2c(c1)c(-c1ccccc1F)c(CC=O)n2S(=O)(=O)c1ccccc1. The minimum absolute atomic E-state index is 0.0740. The van der Waals surface area contributed by atoms with Gasteiger partial charge in [-0.3, -0.25) is 0 Å². The molecule has 0 fully saturated rings. The summed E-state index contributed by atoms with van der Waals surface area (Å²) < 4.78 is 48.3. The number of aromatic nitrogens is 1. The number of benzene rings is 3. The van der Waals surface area contributed by atoms with Gasteiger partial charge in [0.15, 0.2) is 0 Å². The van der Waals surface area contributed by atoms with Crippen molar-refractivity contribution in [1.29, 1.82) is 0 Å². The van der Waals surface area contributed by atoms with Crippen molar-refractivity contribution in [3.63, 3.8) is 0 Å². The molecule has 0 atom stereocenters. The van der Waals surface area contributed by atoms with Gasteiger partial charge in [-0.25, -0.2) is 16.8 Å². The van der Waals surface area contributed by atoms with Crippen molar-refractivity contribution in [3.8, 4) is 16.9 Å². The normalized spacial score (nSPS) is 11.5. The van der Waals surface area contributed by atoms with Crippen LogP contribution in [0.15, 0.2) is 77.7 Å². The van der Waals surface area contributed by atoms with Gasteiger partial charge in [-0.05, 0) is 36.4 Å². The molecule has 0 saturated heterocycles. The van der Waals surface area contributed by atoms with E-state index in [2.05, 4.69) is 0 Å². The lowest BCUT2D eigenvalue weighted by Crippen LogP contribution is -2.16. The Bertz CT molecular complexity index is 1340. The molecule has 0 unspecified atom stereocenters. The van der Waals surface area contributed by atoms with Crippen molar-refractivity contribution in [2.45, 2.75) is 11.3 Å². The molecule has 7 heteroatoms. The summed E-state index contributed by atoms with van der Waals surface area (Å²) in [5.74, 6) is -0.0179. The summed E-state index contributed by atoms with van der Waals surface area (Å²) in [5.41, 5.74) is 1.11. The number of rotatable bonds is 6.